The molecule has 1 aliphatic rings. The third-order valence-electron chi connectivity index (χ3n) is 4.70. The van der Waals surface area contributed by atoms with E-state index in [2.05, 4.69) is 20.1 Å². The van der Waals surface area contributed by atoms with Gasteiger partial charge < -0.3 is 20.1 Å². The van der Waals surface area contributed by atoms with Gasteiger partial charge >= 0.3 is 11.9 Å². The molecule has 0 unspecified atom stereocenters. The van der Waals surface area contributed by atoms with Crippen LogP contribution < -0.4 is 10.6 Å². The third-order valence-corrected chi connectivity index (χ3v) is 4.70. The van der Waals surface area contributed by atoms with Gasteiger partial charge in [0.1, 0.15) is 5.41 Å². The van der Waals surface area contributed by atoms with Gasteiger partial charge in [0.2, 0.25) is 11.8 Å². The van der Waals surface area contributed by atoms with Crippen molar-refractivity contribution in [3.63, 3.8) is 0 Å². The highest BCUT2D eigenvalue weighted by atomic mass is 16.5. The van der Waals surface area contributed by atoms with Crippen LogP contribution in [0.4, 0.5) is 11.4 Å². The molecule has 2 aromatic rings. The fraction of sp³-hybridized carbons (Fsp3) is 0.238. The molecule has 0 atom stereocenters. The zero-order valence-electron chi connectivity index (χ0n) is 16.0. The Morgan fingerprint density at radius 1 is 0.759 bits per heavy atom. The van der Waals surface area contributed by atoms with Gasteiger partial charge in [-0.1, -0.05) is 12.1 Å². The molecule has 2 aromatic carbocycles. The van der Waals surface area contributed by atoms with E-state index in [-0.39, 0.29) is 0 Å². The zero-order chi connectivity index (χ0) is 21.0. The molecule has 8 heteroatoms. The number of hydrogen-bond acceptors (Lipinski definition) is 6. The number of hydrogen-bond donors (Lipinski definition) is 2. The molecule has 2 N–H and O–H groups in total. The number of amides is 2. The molecule has 1 fully saturated rings. The van der Waals surface area contributed by atoms with Gasteiger partial charge in [0.25, 0.3) is 0 Å². The summed E-state index contributed by atoms with van der Waals surface area (Å²) < 4.78 is 9.33. The normalized spacial score (nSPS) is 13.7. The van der Waals surface area contributed by atoms with Crippen molar-refractivity contribution in [2.24, 2.45) is 5.41 Å². The first-order valence-electron chi connectivity index (χ1n) is 8.89. The molecule has 2 amide bonds. The van der Waals surface area contributed by atoms with Crippen LogP contribution in [-0.4, -0.2) is 38.0 Å². The largest absolute Gasteiger partial charge is 0.465 e. The van der Waals surface area contributed by atoms with Crippen molar-refractivity contribution in [2.45, 2.75) is 12.8 Å². The highest BCUT2D eigenvalue weighted by Gasteiger charge is 2.56. The number of esters is 2. The first kappa shape index (κ1) is 20.1. The predicted octanol–water partition coefficient (Wildman–Crippen LogP) is 2.62. The van der Waals surface area contributed by atoms with E-state index in [0.29, 0.717) is 35.3 Å². The summed E-state index contributed by atoms with van der Waals surface area (Å²) in [5.41, 5.74) is 0.176. The number of nitrogens with one attached hydrogen (secondary N) is 2. The van der Waals surface area contributed by atoms with Crippen molar-refractivity contribution in [1.82, 2.24) is 0 Å². The molecule has 1 aliphatic carbocycles. The van der Waals surface area contributed by atoms with Crippen molar-refractivity contribution in [1.29, 1.82) is 0 Å². The maximum Gasteiger partial charge on any atom is 0.337 e. The van der Waals surface area contributed by atoms with Crippen LogP contribution in [-0.2, 0) is 19.1 Å². The molecule has 1 saturated carbocycles. The smallest absolute Gasteiger partial charge is 0.337 e. The van der Waals surface area contributed by atoms with E-state index in [1.165, 1.54) is 26.4 Å². The third kappa shape index (κ3) is 4.26. The van der Waals surface area contributed by atoms with Gasteiger partial charge in [0, 0.05) is 11.4 Å². The minimum Gasteiger partial charge on any atom is -0.465 e. The van der Waals surface area contributed by atoms with E-state index < -0.39 is 29.2 Å². The highest BCUT2D eigenvalue weighted by Crippen LogP contribution is 2.47. The summed E-state index contributed by atoms with van der Waals surface area (Å²) >= 11 is 0. The first-order chi connectivity index (χ1) is 13.9. The van der Waals surface area contributed by atoms with E-state index in [1.54, 1.807) is 36.4 Å². The summed E-state index contributed by atoms with van der Waals surface area (Å²) in [5, 5.41) is 5.38. The molecule has 29 heavy (non-hydrogen) atoms. The summed E-state index contributed by atoms with van der Waals surface area (Å²) in [5.74, 6) is -1.96. The van der Waals surface area contributed by atoms with Crippen LogP contribution in [0.25, 0.3) is 0 Å². The molecule has 8 nitrogen and oxygen atoms in total. The Balaban J connectivity index is 1.71. The summed E-state index contributed by atoms with van der Waals surface area (Å²) in [6.07, 6.45) is 0.802. The summed E-state index contributed by atoms with van der Waals surface area (Å²) in [7, 11) is 2.54. The Kier molecular flexibility index (Phi) is 5.63. The minimum atomic E-state index is -1.19. The molecular weight excluding hydrogens is 376 g/mol. The molecule has 0 saturated heterocycles. The first-order valence-corrected chi connectivity index (χ1v) is 8.89. The van der Waals surface area contributed by atoms with Gasteiger partial charge in [0.05, 0.1) is 25.3 Å². The molecule has 0 aliphatic heterocycles. The lowest BCUT2D eigenvalue weighted by Crippen LogP contribution is -2.35. The van der Waals surface area contributed by atoms with Gasteiger partial charge in [-0.3, -0.25) is 9.59 Å². The molecule has 3 rings (SSSR count). The fourth-order valence-electron chi connectivity index (χ4n) is 2.87. The summed E-state index contributed by atoms with van der Waals surface area (Å²) in [6.45, 7) is 0. The Bertz CT molecular complexity index is 905. The Morgan fingerprint density at radius 3 is 1.52 bits per heavy atom. The van der Waals surface area contributed by atoms with Crippen LogP contribution in [0.3, 0.4) is 0 Å². The maximum absolute atomic E-state index is 12.7. The van der Waals surface area contributed by atoms with E-state index in [9.17, 15) is 19.2 Å². The molecule has 150 valence electrons. The summed E-state index contributed by atoms with van der Waals surface area (Å²) in [6, 6.07) is 12.6. The average molecular weight is 396 g/mol. The van der Waals surface area contributed by atoms with Gasteiger partial charge in [-0.15, -0.1) is 0 Å². The van der Waals surface area contributed by atoms with Crippen LogP contribution in [0.1, 0.15) is 33.6 Å². The number of ether oxygens (including phenoxy) is 2. The molecule has 0 aromatic heterocycles. The number of methoxy groups -OCH3 is 2. The minimum absolute atomic E-state index is 0.291. The quantitative estimate of drug-likeness (QED) is 0.574. The molecule has 0 radical (unpaired) electrons. The van der Waals surface area contributed by atoms with Crippen LogP contribution >= 0.6 is 0 Å². The lowest BCUT2D eigenvalue weighted by atomic mass is 10.0. The highest BCUT2D eigenvalue weighted by molar-refractivity contribution is 6.17. The second-order valence-electron chi connectivity index (χ2n) is 6.64. The van der Waals surface area contributed by atoms with Gasteiger partial charge in [-0.25, -0.2) is 9.59 Å². The van der Waals surface area contributed by atoms with Crippen LogP contribution in [0, 0.1) is 5.41 Å². The Hall–Kier alpha value is -3.68. The molecule has 0 heterocycles. The number of carbonyl (C=O) groups is 4. The number of carbonyl (C=O) groups excluding carboxylic acids is 4. The maximum atomic E-state index is 12.7. The van der Waals surface area contributed by atoms with Gasteiger partial charge in [0.15, 0.2) is 0 Å². The fourth-order valence-corrected chi connectivity index (χ4v) is 2.87. The number of anilines is 2. The van der Waals surface area contributed by atoms with Crippen molar-refractivity contribution in [3.05, 3.63) is 59.7 Å². The second-order valence-corrected chi connectivity index (χ2v) is 6.64. The van der Waals surface area contributed by atoms with Gasteiger partial charge in [-0.2, -0.15) is 0 Å². The van der Waals surface area contributed by atoms with E-state index in [4.69, 9.17) is 0 Å². The Labute approximate surface area is 167 Å². The van der Waals surface area contributed by atoms with Crippen molar-refractivity contribution in [2.75, 3.05) is 24.9 Å². The molecule has 0 bridgehead atoms. The second kappa shape index (κ2) is 8.14. The topological polar surface area (TPSA) is 111 Å². The van der Waals surface area contributed by atoms with Crippen molar-refractivity contribution < 1.29 is 28.7 Å². The summed E-state index contributed by atoms with van der Waals surface area (Å²) in [4.78, 5) is 48.8. The van der Waals surface area contributed by atoms with Crippen molar-refractivity contribution in [3.8, 4) is 0 Å². The molecular formula is C21H20N2O6. The van der Waals surface area contributed by atoms with E-state index in [0.717, 1.165) is 0 Å². The van der Waals surface area contributed by atoms with Crippen LogP contribution in [0.15, 0.2) is 48.5 Å². The number of rotatable bonds is 6. The number of benzene rings is 2. The molecule has 0 spiro atoms. The Morgan fingerprint density at radius 2 is 1.17 bits per heavy atom. The monoisotopic (exact) mass is 396 g/mol. The lowest BCUT2D eigenvalue weighted by molar-refractivity contribution is -0.131. The van der Waals surface area contributed by atoms with E-state index in [1.807, 2.05) is 0 Å². The lowest BCUT2D eigenvalue weighted by Gasteiger charge is -2.16. The predicted molar refractivity (Wildman–Crippen MR) is 104 cm³/mol. The zero-order valence-corrected chi connectivity index (χ0v) is 16.0. The standard InChI is InChI=1S/C21H20N2O6/c1-28-17(24)13-5-3-7-15(11-13)22-19(26)21(9-10-21)20(27)23-16-8-4-6-14(12-16)18(25)29-2/h3-8,11-12H,9-10H2,1-2H3,(H,22,26)(H,23,27). The van der Waals surface area contributed by atoms with Crippen LogP contribution in [0.2, 0.25) is 0 Å². The van der Waals surface area contributed by atoms with Gasteiger partial charge in [-0.05, 0) is 49.2 Å². The van der Waals surface area contributed by atoms with E-state index >= 15 is 0 Å². The van der Waals surface area contributed by atoms with Crippen molar-refractivity contribution >= 4 is 35.1 Å². The SMILES string of the molecule is COC(=O)c1cccc(NC(=O)C2(C(=O)Nc3cccc(C(=O)OC)c3)CC2)c1. The van der Waals surface area contributed by atoms with Crippen LogP contribution in [0.5, 0.6) is 0 Å². The average Bonchev–Trinajstić information content (AvgIpc) is 3.55.